The Morgan fingerprint density at radius 3 is 2.38 bits per heavy atom. The maximum atomic E-state index is 11.6. The van der Waals surface area contributed by atoms with Gasteiger partial charge in [-0.2, -0.15) is 0 Å². The molecule has 2 heteroatoms. The lowest BCUT2D eigenvalue weighted by Gasteiger charge is -2.41. The maximum absolute atomic E-state index is 11.6. The van der Waals surface area contributed by atoms with E-state index in [-0.39, 0.29) is 5.92 Å². The summed E-state index contributed by atoms with van der Waals surface area (Å²) >= 11 is 0. The van der Waals surface area contributed by atoms with E-state index in [0.29, 0.717) is 17.3 Å². The van der Waals surface area contributed by atoms with Crippen molar-refractivity contribution in [3.05, 3.63) is 0 Å². The van der Waals surface area contributed by atoms with Gasteiger partial charge in [0.2, 0.25) is 0 Å². The fourth-order valence-electron chi connectivity index (χ4n) is 4.05. The normalized spacial score (nSPS) is 28.3. The predicted octanol–water partition coefficient (Wildman–Crippen LogP) is 5.76. The highest BCUT2D eigenvalue weighted by molar-refractivity contribution is 5.70. The number of aliphatic carboxylic acids is 1. The van der Waals surface area contributed by atoms with Crippen molar-refractivity contribution >= 4 is 5.97 Å². The monoisotopic (exact) mass is 296 g/mol. The average Bonchev–Trinajstić information content (AvgIpc) is 2.41. The lowest BCUT2D eigenvalue weighted by Crippen LogP contribution is -2.36. The minimum absolute atomic E-state index is 0.0979. The maximum Gasteiger partial charge on any atom is 0.306 e. The van der Waals surface area contributed by atoms with Crippen molar-refractivity contribution in [3.63, 3.8) is 0 Å². The van der Waals surface area contributed by atoms with Crippen LogP contribution in [0, 0.1) is 29.1 Å². The van der Waals surface area contributed by atoms with Crippen LogP contribution in [0.4, 0.5) is 0 Å². The molecule has 1 rings (SSSR count). The molecule has 21 heavy (non-hydrogen) atoms. The Hall–Kier alpha value is -0.530. The van der Waals surface area contributed by atoms with Crippen LogP contribution in [-0.4, -0.2) is 11.1 Å². The molecule has 0 radical (unpaired) electrons. The van der Waals surface area contributed by atoms with Gasteiger partial charge in [-0.25, -0.2) is 0 Å². The summed E-state index contributed by atoms with van der Waals surface area (Å²) in [5.74, 6) is 1.14. The van der Waals surface area contributed by atoms with Gasteiger partial charge in [0.05, 0.1) is 5.92 Å². The molecule has 2 nitrogen and oxygen atoms in total. The molecule has 124 valence electrons. The van der Waals surface area contributed by atoms with E-state index in [0.717, 1.165) is 31.6 Å². The molecule has 1 aliphatic rings. The highest BCUT2D eigenvalue weighted by Crippen LogP contribution is 2.45. The molecule has 4 unspecified atom stereocenters. The topological polar surface area (TPSA) is 37.3 Å². The second kappa shape index (κ2) is 8.19. The first kappa shape index (κ1) is 18.5. The van der Waals surface area contributed by atoms with Crippen LogP contribution >= 0.6 is 0 Å². The van der Waals surface area contributed by atoms with Gasteiger partial charge in [-0.1, -0.05) is 60.3 Å². The fourth-order valence-corrected chi connectivity index (χ4v) is 4.05. The van der Waals surface area contributed by atoms with Crippen molar-refractivity contribution in [2.75, 3.05) is 0 Å². The Morgan fingerprint density at radius 1 is 1.24 bits per heavy atom. The molecule has 0 aromatic carbocycles. The third-order valence-electron chi connectivity index (χ3n) is 5.70. The Balaban J connectivity index is 2.72. The van der Waals surface area contributed by atoms with Gasteiger partial charge in [-0.05, 0) is 48.9 Å². The molecule has 1 aliphatic carbocycles. The van der Waals surface area contributed by atoms with Gasteiger partial charge in [0, 0.05) is 0 Å². The minimum atomic E-state index is -0.558. The Labute approximate surface area is 131 Å². The lowest BCUT2D eigenvalue weighted by atomic mass is 9.63. The number of hydrogen-bond donors (Lipinski definition) is 1. The van der Waals surface area contributed by atoms with Gasteiger partial charge in [0.1, 0.15) is 0 Å². The Morgan fingerprint density at radius 2 is 1.90 bits per heavy atom. The van der Waals surface area contributed by atoms with E-state index in [1.54, 1.807) is 0 Å². The second-order valence-corrected chi connectivity index (χ2v) is 8.23. The van der Waals surface area contributed by atoms with E-state index >= 15 is 0 Å². The molecule has 0 spiro atoms. The number of rotatable bonds is 7. The van der Waals surface area contributed by atoms with Crippen molar-refractivity contribution in [2.45, 2.75) is 86.0 Å². The van der Waals surface area contributed by atoms with E-state index in [1.165, 1.54) is 25.7 Å². The summed E-state index contributed by atoms with van der Waals surface area (Å²) in [4.78, 5) is 11.6. The third kappa shape index (κ3) is 5.64. The molecule has 0 aromatic rings. The van der Waals surface area contributed by atoms with E-state index in [2.05, 4.69) is 34.6 Å². The van der Waals surface area contributed by atoms with Gasteiger partial charge >= 0.3 is 5.97 Å². The van der Waals surface area contributed by atoms with Crippen LogP contribution in [0.15, 0.2) is 0 Å². The molecule has 1 N–H and O–H groups in total. The SMILES string of the molecule is CCCCC(CC)CC1CC(C(C)(C)C)CCC1C(=O)O. The molecule has 1 saturated carbocycles. The zero-order valence-electron chi connectivity index (χ0n) is 14.8. The number of carboxylic acids is 1. The van der Waals surface area contributed by atoms with Crippen LogP contribution < -0.4 is 0 Å². The van der Waals surface area contributed by atoms with E-state index in [4.69, 9.17) is 0 Å². The van der Waals surface area contributed by atoms with E-state index in [9.17, 15) is 9.90 Å². The first-order valence-electron chi connectivity index (χ1n) is 9.02. The quantitative estimate of drug-likeness (QED) is 0.649. The molecule has 0 aliphatic heterocycles. The molecule has 0 saturated heterocycles. The summed E-state index contributed by atoms with van der Waals surface area (Å²) in [6.07, 6.45) is 9.21. The van der Waals surface area contributed by atoms with Crippen LogP contribution in [0.2, 0.25) is 0 Å². The summed E-state index contributed by atoms with van der Waals surface area (Å²) in [6.45, 7) is 11.4. The Kier molecular flexibility index (Phi) is 7.23. The van der Waals surface area contributed by atoms with Crippen LogP contribution in [0.1, 0.15) is 86.0 Å². The molecular formula is C19H36O2. The molecule has 1 fully saturated rings. The van der Waals surface area contributed by atoms with E-state index in [1.807, 2.05) is 0 Å². The summed E-state index contributed by atoms with van der Waals surface area (Å²) in [5.41, 5.74) is 0.312. The molecule has 0 heterocycles. The first-order chi connectivity index (χ1) is 9.79. The molecular weight excluding hydrogens is 260 g/mol. The summed E-state index contributed by atoms with van der Waals surface area (Å²) < 4.78 is 0. The van der Waals surface area contributed by atoms with Crippen molar-refractivity contribution in [1.29, 1.82) is 0 Å². The standard InChI is InChI=1S/C19H36O2/c1-6-8-9-14(7-2)12-15-13-16(19(3,4)5)10-11-17(15)18(20)21/h14-17H,6-13H2,1-5H3,(H,20,21). The third-order valence-corrected chi connectivity index (χ3v) is 5.70. The molecule has 4 atom stereocenters. The number of hydrogen-bond acceptors (Lipinski definition) is 1. The first-order valence-corrected chi connectivity index (χ1v) is 9.02. The van der Waals surface area contributed by atoms with Crippen molar-refractivity contribution < 1.29 is 9.90 Å². The summed E-state index contributed by atoms with van der Waals surface area (Å²) in [5, 5.41) is 9.56. The number of carbonyl (C=O) groups is 1. The van der Waals surface area contributed by atoms with Crippen molar-refractivity contribution in [2.24, 2.45) is 29.1 Å². The highest BCUT2D eigenvalue weighted by atomic mass is 16.4. The van der Waals surface area contributed by atoms with Gasteiger partial charge in [0.25, 0.3) is 0 Å². The van der Waals surface area contributed by atoms with Gasteiger partial charge in [-0.3, -0.25) is 4.79 Å². The van der Waals surface area contributed by atoms with Gasteiger partial charge in [-0.15, -0.1) is 0 Å². The van der Waals surface area contributed by atoms with Crippen molar-refractivity contribution in [1.82, 2.24) is 0 Å². The average molecular weight is 296 g/mol. The lowest BCUT2D eigenvalue weighted by molar-refractivity contribution is -0.146. The second-order valence-electron chi connectivity index (χ2n) is 8.23. The van der Waals surface area contributed by atoms with Crippen LogP contribution in [-0.2, 0) is 4.79 Å². The smallest absolute Gasteiger partial charge is 0.306 e. The predicted molar refractivity (Wildman–Crippen MR) is 89.3 cm³/mol. The van der Waals surface area contributed by atoms with E-state index < -0.39 is 5.97 Å². The Bertz CT molecular complexity index is 316. The number of unbranched alkanes of at least 4 members (excludes halogenated alkanes) is 1. The van der Waals surface area contributed by atoms with Gasteiger partial charge < -0.3 is 5.11 Å². The number of carboxylic acid groups (broad SMARTS) is 1. The zero-order chi connectivity index (χ0) is 16.0. The molecule has 0 aromatic heterocycles. The minimum Gasteiger partial charge on any atom is -0.481 e. The fraction of sp³-hybridized carbons (Fsp3) is 0.947. The van der Waals surface area contributed by atoms with Gasteiger partial charge in [0.15, 0.2) is 0 Å². The van der Waals surface area contributed by atoms with Crippen LogP contribution in [0.25, 0.3) is 0 Å². The van der Waals surface area contributed by atoms with Crippen molar-refractivity contribution in [3.8, 4) is 0 Å². The zero-order valence-corrected chi connectivity index (χ0v) is 14.8. The molecule has 0 amide bonds. The highest BCUT2D eigenvalue weighted by Gasteiger charge is 2.39. The summed E-state index contributed by atoms with van der Waals surface area (Å²) in [7, 11) is 0. The largest absolute Gasteiger partial charge is 0.481 e. The molecule has 0 bridgehead atoms. The van der Waals surface area contributed by atoms with Crippen LogP contribution in [0.3, 0.4) is 0 Å². The summed E-state index contributed by atoms with van der Waals surface area (Å²) in [6, 6.07) is 0. The van der Waals surface area contributed by atoms with Crippen LogP contribution in [0.5, 0.6) is 0 Å².